The Kier molecular flexibility index (Phi) is 2.23. The van der Waals surface area contributed by atoms with Crippen LogP contribution in [-0.2, 0) is 0 Å². The molecule has 0 fully saturated rings. The van der Waals surface area contributed by atoms with Gasteiger partial charge in [0.2, 0.25) is 0 Å². The molecular formula is C12H13NO2. The number of ether oxygens (including phenoxy) is 1. The molecule has 0 spiro atoms. The number of carbonyl (C=O) groups is 1. The molecule has 0 saturated carbocycles. The highest BCUT2D eigenvalue weighted by atomic mass is 16.5. The molecule has 0 unspecified atom stereocenters. The van der Waals surface area contributed by atoms with Crippen molar-refractivity contribution in [3.8, 4) is 5.75 Å². The van der Waals surface area contributed by atoms with Crippen LogP contribution in [0.3, 0.4) is 0 Å². The predicted molar refractivity (Wildman–Crippen MR) is 59.6 cm³/mol. The molecule has 0 bridgehead atoms. The van der Waals surface area contributed by atoms with E-state index < -0.39 is 0 Å². The summed E-state index contributed by atoms with van der Waals surface area (Å²) >= 11 is 0. The molecule has 0 aliphatic carbocycles. The van der Waals surface area contributed by atoms with Crippen LogP contribution < -0.4 is 4.74 Å². The van der Waals surface area contributed by atoms with E-state index in [1.54, 1.807) is 14.0 Å². The van der Waals surface area contributed by atoms with Crippen molar-refractivity contribution in [2.45, 2.75) is 13.8 Å². The second kappa shape index (κ2) is 3.42. The fraction of sp³-hybridized carbons (Fsp3) is 0.250. The van der Waals surface area contributed by atoms with Crippen LogP contribution in [0.15, 0.2) is 18.2 Å². The summed E-state index contributed by atoms with van der Waals surface area (Å²) in [6.07, 6.45) is 0. The van der Waals surface area contributed by atoms with Crippen LogP contribution in [0.4, 0.5) is 0 Å². The molecule has 15 heavy (non-hydrogen) atoms. The smallest absolute Gasteiger partial charge is 0.162 e. The Morgan fingerprint density at radius 2 is 2.13 bits per heavy atom. The number of ketones is 1. The number of H-pyrrole nitrogens is 1. The van der Waals surface area contributed by atoms with Crippen molar-refractivity contribution >= 4 is 16.7 Å². The van der Waals surface area contributed by atoms with E-state index in [4.69, 9.17) is 4.74 Å². The zero-order valence-corrected chi connectivity index (χ0v) is 9.05. The first-order valence-corrected chi connectivity index (χ1v) is 4.81. The molecule has 1 aromatic heterocycles. The molecular weight excluding hydrogens is 190 g/mol. The van der Waals surface area contributed by atoms with Gasteiger partial charge >= 0.3 is 0 Å². The zero-order valence-electron chi connectivity index (χ0n) is 9.05. The van der Waals surface area contributed by atoms with Crippen molar-refractivity contribution in [3.63, 3.8) is 0 Å². The van der Waals surface area contributed by atoms with Crippen molar-refractivity contribution in [3.05, 3.63) is 29.5 Å². The highest BCUT2D eigenvalue weighted by Crippen LogP contribution is 2.30. The first-order valence-electron chi connectivity index (χ1n) is 4.81. The third kappa shape index (κ3) is 1.40. The Labute approximate surface area is 88.1 Å². The van der Waals surface area contributed by atoms with Crippen molar-refractivity contribution in [2.75, 3.05) is 7.11 Å². The third-order valence-corrected chi connectivity index (χ3v) is 2.55. The molecule has 3 heteroatoms. The topological polar surface area (TPSA) is 42.1 Å². The van der Waals surface area contributed by atoms with Gasteiger partial charge in [0.05, 0.1) is 18.0 Å². The molecule has 0 aliphatic heterocycles. The summed E-state index contributed by atoms with van der Waals surface area (Å²) in [4.78, 5) is 14.7. The molecule has 2 aromatic rings. The summed E-state index contributed by atoms with van der Waals surface area (Å²) in [5, 5.41) is 0.880. The second-order valence-corrected chi connectivity index (χ2v) is 3.56. The van der Waals surface area contributed by atoms with E-state index in [2.05, 4.69) is 4.98 Å². The monoisotopic (exact) mass is 203 g/mol. The predicted octanol–water partition coefficient (Wildman–Crippen LogP) is 2.69. The fourth-order valence-corrected chi connectivity index (χ4v) is 1.96. The zero-order chi connectivity index (χ0) is 11.0. The minimum atomic E-state index is 0.0586. The lowest BCUT2D eigenvalue weighted by Gasteiger charge is -2.02. The first kappa shape index (κ1) is 9.77. The van der Waals surface area contributed by atoms with Crippen LogP contribution in [0.5, 0.6) is 5.75 Å². The molecule has 2 rings (SSSR count). The number of rotatable bonds is 2. The Morgan fingerprint density at radius 1 is 1.40 bits per heavy atom. The number of aryl methyl sites for hydroxylation is 1. The molecule has 1 N–H and O–H groups in total. The third-order valence-electron chi connectivity index (χ3n) is 2.55. The number of fused-ring (bicyclic) bond motifs is 1. The number of hydrogen-bond acceptors (Lipinski definition) is 2. The summed E-state index contributed by atoms with van der Waals surface area (Å²) in [6.45, 7) is 3.47. The maximum atomic E-state index is 11.5. The number of aromatic nitrogens is 1. The van der Waals surface area contributed by atoms with Crippen LogP contribution in [0.25, 0.3) is 10.9 Å². The van der Waals surface area contributed by atoms with E-state index in [0.717, 1.165) is 27.9 Å². The average Bonchev–Trinajstić information content (AvgIpc) is 2.53. The van der Waals surface area contributed by atoms with Crippen LogP contribution in [0.2, 0.25) is 0 Å². The number of aromatic amines is 1. The highest BCUT2D eigenvalue weighted by molar-refractivity contribution is 6.10. The fourth-order valence-electron chi connectivity index (χ4n) is 1.96. The number of Topliss-reactive ketones (excluding diaryl/α,β-unsaturated/α-hetero) is 1. The summed E-state index contributed by atoms with van der Waals surface area (Å²) in [7, 11) is 1.61. The number of carbonyl (C=O) groups excluding carboxylic acids is 1. The lowest BCUT2D eigenvalue weighted by Crippen LogP contribution is -1.94. The van der Waals surface area contributed by atoms with Gasteiger partial charge in [0, 0.05) is 11.3 Å². The number of benzene rings is 1. The molecule has 3 nitrogen and oxygen atoms in total. The van der Waals surface area contributed by atoms with Gasteiger partial charge in [0.15, 0.2) is 5.78 Å². The van der Waals surface area contributed by atoms with Crippen molar-refractivity contribution < 1.29 is 9.53 Å². The van der Waals surface area contributed by atoms with Gasteiger partial charge in [-0.1, -0.05) is 6.07 Å². The largest absolute Gasteiger partial charge is 0.496 e. The van der Waals surface area contributed by atoms with Crippen molar-refractivity contribution in [1.82, 2.24) is 4.98 Å². The molecule has 0 aliphatic rings. The summed E-state index contributed by atoms with van der Waals surface area (Å²) in [5.41, 5.74) is 2.56. The molecule has 0 radical (unpaired) electrons. The Bertz CT molecular complexity index is 526. The lowest BCUT2D eigenvalue weighted by atomic mass is 10.1. The van der Waals surface area contributed by atoms with Gasteiger partial charge in [0.1, 0.15) is 5.75 Å². The molecule has 78 valence electrons. The van der Waals surface area contributed by atoms with Gasteiger partial charge in [-0.3, -0.25) is 4.79 Å². The average molecular weight is 203 g/mol. The summed E-state index contributed by atoms with van der Waals surface area (Å²) < 4.78 is 5.26. The number of methoxy groups -OCH3 is 1. The lowest BCUT2D eigenvalue weighted by molar-refractivity contribution is 0.101. The van der Waals surface area contributed by atoms with Gasteiger partial charge in [-0.2, -0.15) is 0 Å². The first-order chi connectivity index (χ1) is 7.15. The van der Waals surface area contributed by atoms with Crippen LogP contribution in [0.1, 0.15) is 23.0 Å². The maximum absolute atomic E-state index is 11.5. The SMILES string of the molecule is COc1cccc2[nH]c(C)c(C(C)=O)c12. The van der Waals surface area contributed by atoms with Crippen molar-refractivity contribution in [2.24, 2.45) is 0 Å². The Balaban J connectivity index is 2.88. The van der Waals surface area contributed by atoms with E-state index in [1.807, 2.05) is 25.1 Å². The van der Waals surface area contributed by atoms with E-state index >= 15 is 0 Å². The highest BCUT2D eigenvalue weighted by Gasteiger charge is 2.15. The van der Waals surface area contributed by atoms with Gasteiger partial charge in [0.25, 0.3) is 0 Å². The molecule has 0 atom stereocenters. The quantitative estimate of drug-likeness (QED) is 0.762. The van der Waals surface area contributed by atoms with E-state index in [1.165, 1.54) is 0 Å². The molecule has 0 saturated heterocycles. The van der Waals surface area contributed by atoms with E-state index in [0.29, 0.717) is 0 Å². The minimum absolute atomic E-state index is 0.0586. The Hall–Kier alpha value is -1.77. The van der Waals surface area contributed by atoms with E-state index in [9.17, 15) is 4.79 Å². The van der Waals surface area contributed by atoms with Crippen LogP contribution in [0, 0.1) is 6.92 Å². The van der Waals surface area contributed by atoms with Gasteiger partial charge in [-0.15, -0.1) is 0 Å². The standard InChI is InChI=1S/C12H13NO2/c1-7-11(8(2)14)12-9(13-7)5-4-6-10(12)15-3/h4-6,13H,1-3H3. The number of nitrogens with one attached hydrogen (secondary N) is 1. The summed E-state index contributed by atoms with van der Waals surface area (Å²) in [5.74, 6) is 0.797. The van der Waals surface area contributed by atoms with Crippen molar-refractivity contribution in [1.29, 1.82) is 0 Å². The minimum Gasteiger partial charge on any atom is -0.496 e. The van der Waals surface area contributed by atoms with Gasteiger partial charge in [-0.05, 0) is 26.0 Å². The molecule has 1 heterocycles. The number of hydrogen-bond donors (Lipinski definition) is 1. The van der Waals surface area contributed by atoms with Gasteiger partial charge < -0.3 is 9.72 Å². The Morgan fingerprint density at radius 3 is 2.73 bits per heavy atom. The van der Waals surface area contributed by atoms with Crippen LogP contribution in [-0.4, -0.2) is 17.9 Å². The molecule has 0 amide bonds. The van der Waals surface area contributed by atoms with Gasteiger partial charge in [-0.25, -0.2) is 0 Å². The maximum Gasteiger partial charge on any atom is 0.162 e. The normalized spacial score (nSPS) is 10.6. The van der Waals surface area contributed by atoms with E-state index in [-0.39, 0.29) is 5.78 Å². The van der Waals surface area contributed by atoms with Crippen LogP contribution >= 0.6 is 0 Å². The second-order valence-electron chi connectivity index (χ2n) is 3.56. The molecule has 1 aromatic carbocycles. The summed E-state index contributed by atoms with van der Waals surface area (Å²) in [6, 6.07) is 5.71.